The van der Waals surface area contributed by atoms with Gasteiger partial charge in [0.2, 0.25) is 5.91 Å². The highest BCUT2D eigenvalue weighted by molar-refractivity contribution is 7.19. The van der Waals surface area contributed by atoms with Gasteiger partial charge in [0, 0.05) is 10.8 Å². The van der Waals surface area contributed by atoms with Gasteiger partial charge in [-0.25, -0.2) is 9.97 Å². The number of nitrogens with one attached hydrogen (secondary N) is 1. The molecule has 2 aromatic rings. The van der Waals surface area contributed by atoms with E-state index in [2.05, 4.69) is 15.3 Å². The summed E-state index contributed by atoms with van der Waals surface area (Å²) in [6.45, 7) is 7.49. The van der Waals surface area contributed by atoms with E-state index in [4.69, 9.17) is 5.73 Å². The fourth-order valence-electron chi connectivity index (χ4n) is 1.36. The van der Waals surface area contributed by atoms with Gasteiger partial charge in [0.1, 0.15) is 0 Å². The third-order valence-electron chi connectivity index (χ3n) is 2.45. The molecule has 2 rings (SSSR count). The molecular weight excluding hydrogens is 280 g/mol. The smallest absolute Gasteiger partial charge is 0.231 e. The molecule has 2 heterocycles. The number of carbonyl (C=O) groups is 1. The van der Waals surface area contributed by atoms with Gasteiger partial charge < -0.3 is 11.1 Å². The molecule has 19 heavy (non-hydrogen) atoms. The Bertz CT molecular complexity index is 610. The van der Waals surface area contributed by atoms with Crippen LogP contribution in [0.3, 0.4) is 0 Å². The second-order valence-electron chi connectivity index (χ2n) is 5.21. The molecule has 0 aliphatic rings. The highest BCUT2D eigenvalue weighted by Crippen LogP contribution is 2.34. The van der Waals surface area contributed by atoms with Crippen LogP contribution >= 0.6 is 22.7 Å². The number of aryl methyl sites for hydroxylation is 1. The van der Waals surface area contributed by atoms with E-state index < -0.39 is 5.41 Å². The van der Waals surface area contributed by atoms with E-state index in [1.165, 1.54) is 22.7 Å². The predicted molar refractivity (Wildman–Crippen MR) is 80.5 cm³/mol. The molecular formula is C12H16N4OS2. The molecule has 0 saturated carbocycles. The SMILES string of the molecule is Cc1nc(NC(=O)C(C)(C)C)sc1-c1csc(N)n1. The molecule has 0 fully saturated rings. The molecule has 2 aromatic heterocycles. The summed E-state index contributed by atoms with van der Waals surface area (Å²) in [5.41, 5.74) is 6.85. The Balaban J connectivity index is 2.25. The number of thiazole rings is 2. The summed E-state index contributed by atoms with van der Waals surface area (Å²) in [4.78, 5) is 21.5. The molecule has 0 spiro atoms. The normalized spacial score (nSPS) is 11.6. The Morgan fingerprint density at radius 2 is 2.05 bits per heavy atom. The summed E-state index contributed by atoms with van der Waals surface area (Å²) in [7, 11) is 0. The summed E-state index contributed by atoms with van der Waals surface area (Å²) in [5, 5.41) is 5.85. The first-order valence-corrected chi connectivity index (χ1v) is 7.47. The number of aromatic nitrogens is 2. The van der Waals surface area contributed by atoms with E-state index in [-0.39, 0.29) is 5.91 Å². The quantitative estimate of drug-likeness (QED) is 0.892. The van der Waals surface area contributed by atoms with Crippen LogP contribution in [0.25, 0.3) is 10.6 Å². The minimum absolute atomic E-state index is 0.0504. The monoisotopic (exact) mass is 296 g/mol. The van der Waals surface area contributed by atoms with Crippen molar-refractivity contribution in [2.45, 2.75) is 27.7 Å². The lowest BCUT2D eigenvalue weighted by atomic mass is 9.96. The first kappa shape index (κ1) is 14.0. The van der Waals surface area contributed by atoms with Crippen LogP contribution in [-0.2, 0) is 4.79 Å². The lowest BCUT2D eigenvalue weighted by Crippen LogP contribution is -2.27. The first-order chi connectivity index (χ1) is 8.77. The topological polar surface area (TPSA) is 80.9 Å². The Hall–Kier alpha value is -1.47. The van der Waals surface area contributed by atoms with Gasteiger partial charge in [0.05, 0.1) is 16.3 Å². The van der Waals surface area contributed by atoms with Crippen LogP contribution in [0.5, 0.6) is 0 Å². The van der Waals surface area contributed by atoms with Crippen LogP contribution < -0.4 is 11.1 Å². The van der Waals surface area contributed by atoms with E-state index in [1.807, 2.05) is 33.1 Å². The molecule has 7 heteroatoms. The zero-order valence-corrected chi connectivity index (χ0v) is 12.9. The number of rotatable bonds is 2. The Labute approximate surface area is 119 Å². The average molecular weight is 296 g/mol. The van der Waals surface area contributed by atoms with Gasteiger partial charge in [-0.3, -0.25) is 4.79 Å². The largest absolute Gasteiger partial charge is 0.375 e. The van der Waals surface area contributed by atoms with Crippen molar-refractivity contribution in [1.29, 1.82) is 0 Å². The second-order valence-corrected chi connectivity index (χ2v) is 7.10. The molecule has 0 aliphatic heterocycles. The molecule has 0 bridgehead atoms. The van der Waals surface area contributed by atoms with Crippen molar-refractivity contribution in [3.8, 4) is 10.6 Å². The van der Waals surface area contributed by atoms with Crippen LogP contribution in [0, 0.1) is 12.3 Å². The maximum atomic E-state index is 11.9. The second kappa shape index (κ2) is 4.90. The Morgan fingerprint density at radius 1 is 1.37 bits per heavy atom. The van der Waals surface area contributed by atoms with Gasteiger partial charge in [0.15, 0.2) is 10.3 Å². The summed E-state index contributed by atoms with van der Waals surface area (Å²) >= 11 is 2.81. The molecule has 0 aromatic carbocycles. The molecule has 102 valence electrons. The zero-order valence-electron chi connectivity index (χ0n) is 11.3. The molecule has 0 aliphatic carbocycles. The minimum Gasteiger partial charge on any atom is -0.375 e. The van der Waals surface area contributed by atoms with Crippen molar-refractivity contribution >= 4 is 38.8 Å². The maximum absolute atomic E-state index is 11.9. The predicted octanol–water partition coefficient (Wildman–Crippen LogP) is 3.14. The van der Waals surface area contributed by atoms with Crippen molar-refractivity contribution in [3.63, 3.8) is 0 Å². The fourth-order valence-corrected chi connectivity index (χ4v) is 2.91. The number of hydrogen-bond donors (Lipinski definition) is 2. The third kappa shape index (κ3) is 3.10. The number of nitrogens with two attached hydrogens (primary N) is 1. The Kier molecular flexibility index (Phi) is 3.60. The van der Waals surface area contributed by atoms with Crippen LogP contribution in [0.1, 0.15) is 26.5 Å². The minimum atomic E-state index is -0.440. The number of hydrogen-bond acceptors (Lipinski definition) is 6. The lowest BCUT2D eigenvalue weighted by Gasteiger charge is -2.15. The fraction of sp³-hybridized carbons (Fsp3) is 0.417. The van der Waals surface area contributed by atoms with Crippen molar-refractivity contribution in [2.75, 3.05) is 11.1 Å². The number of carbonyl (C=O) groups excluding carboxylic acids is 1. The van der Waals surface area contributed by atoms with E-state index in [9.17, 15) is 4.79 Å². The number of amides is 1. The van der Waals surface area contributed by atoms with Crippen molar-refractivity contribution in [3.05, 3.63) is 11.1 Å². The molecule has 0 unspecified atom stereocenters. The first-order valence-electron chi connectivity index (χ1n) is 5.77. The maximum Gasteiger partial charge on any atom is 0.231 e. The van der Waals surface area contributed by atoms with Gasteiger partial charge in [-0.15, -0.1) is 11.3 Å². The average Bonchev–Trinajstić information content (AvgIpc) is 2.83. The van der Waals surface area contributed by atoms with E-state index in [0.717, 1.165) is 16.3 Å². The zero-order chi connectivity index (χ0) is 14.2. The van der Waals surface area contributed by atoms with E-state index >= 15 is 0 Å². The number of nitrogens with zero attached hydrogens (tertiary/aromatic N) is 2. The molecule has 3 N–H and O–H groups in total. The number of anilines is 2. The number of nitrogen functional groups attached to an aromatic ring is 1. The van der Waals surface area contributed by atoms with Gasteiger partial charge in [0.25, 0.3) is 0 Å². The van der Waals surface area contributed by atoms with Gasteiger partial charge in [-0.2, -0.15) is 0 Å². The Morgan fingerprint density at radius 3 is 2.58 bits per heavy atom. The van der Waals surface area contributed by atoms with E-state index in [0.29, 0.717) is 10.3 Å². The third-order valence-corrected chi connectivity index (χ3v) is 4.22. The summed E-state index contributed by atoms with van der Waals surface area (Å²) in [6.07, 6.45) is 0. The molecule has 0 saturated heterocycles. The highest BCUT2D eigenvalue weighted by Gasteiger charge is 2.23. The van der Waals surface area contributed by atoms with Crippen LogP contribution in [-0.4, -0.2) is 15.9 Å². The summed E-state index contributed by atoms with van der Waals surface area (Å²) in [5.74, 6) is -0.0504. The molecule has 0 atom stereocenters. The van der Waals surface area contributed by atoms with Crippen molar-refractivity contribution < 1.29 is 4.79 Å². The van der Waals surface area contributed by atoms with Crippen molar-refractivity contribution in [2.24, 2.45) is 5.41 Å². The van der Waals surface area contributed by atoms with Crippen LogP contribution in [0.2, 0.25) is 0 Å². The molecule has 5 nitrogen and oxygen atoms in total. The van der Waals surface area contributed by atoms with Gasteiger partial charge in [-0.1, -0.05) is 32.1 Å². The van der Waals surface area contributed by atoms with Gasteiger partial charge in [-0.05, 0) is 6.92 Å². The van der Waals surface area contributed by atoms with Crippen LogP contribution in [0.15, 0.2) is 5.38 Å². The summed E-state index contributed by atoms with van der Waals surface area (Å²) < 4.78 is 0. The van der Waals surface area contributed by atoms with E-state index in [1.54, 1.807) is 0 Å². The lowest BCUT2D eigenvalue weighted by molar-refractivity contribution is -0.123. The van der Waals surface area contributed by atoms with Crippen molar-refractivity contribution in [1.82, 2.24) is 9.97 Å². The molecule has 0 radical (unpaired) electrons. The van der Waals surface area contributed by atoms with Crippen LogP contribution in [0.4, 0.5) is 10.3 Å². The van der Waals surface area contributed by atoms with Gasteiger partial charge >= 0.3 is 0 Å². The standard InChI is InChI=1S/C12H16N4OS2/c1-6-8(7-5-18-10(13)15-7)19-11(14-6)16-9(17)12(2,3)4/h5H,1-4H3,(H2,13,15)(H,14,16,17). The highest BCUT2D eigenvalue weighted by atomic mass is 32.1. The molecule has 1 amide bonds. The summed E-state index contributed by atoms with van der Waals surface area (Å²) in [6, 6.07) is 0.